The van der Waals surface area contributed by atoms with Crippen LogP contribution in [0.5, 0.6) is 0 Å². The number of nitriles is 1. The van der Waals surface area contributed by atoms with E-state index in [1.165, 1.54) is 37.7 Å². The number of hydrogen-bond acceptors (Lipinski definition) is 2. The summed E-state index contributed by atoms with van der Waals surface area (Å²) < 4.78 is 0. The molecule has 0 saturated heterocycles. The monoisotopic (exact) mass is 242 g/mol. The first-order valence-electron chi connectivity index (χ1n) is 7.05. The molecule has 1 aromatic carbocycles. The van der Waals surface area contributed by atoms with Gasteiger partial charge in [-0.15, -0.1) is 0 Å². The van der Waals surface area contributed by atoms with Gasteiger partial charge in [0.1, 0.15) is 5.54 Å². The Morgan fingerprint density at radius 1 is 1.00 bits per heavy atom. The predicted molar refractivity (Wildman–Crippen MR) is 73.9 cm³/mol. The van der Waals surface area contributed by atoms with E-state index in [4.69, 9.17) is 0 Å². The molecular weight excluding hydrogens is 220 g/mol. The van der Waals surface area contributed by atoms with Crippen molar-refractivity contribution in [3.05, 3.63) is 35.9 Å². The van der Waals surface area contributed by atoms with Gasteiger partial charge < -0.3 is 0 Å². The van der Waals surface area contributed by atoms with Crippen LogP contribution in [-0.4, -0.2) is 5.54 Å². The Kier molecular flexibility index (Phi) is 4.78. The molecule has 0 atom stereocenters. The second-order valence-electron chi connectivity index (χ2n) is 5.30. The summed E-state index contributed by atoms with van der Waals surface area (Å²) in [5, 5.41) is 13.0. The standard InChI is InChI=1S/C16H22N2/c17-14-16(11-7-2-1-3-8-12-16)18-13-15-9-5-4-6-10-15/h4-6,9-10,18H,1-3,7-8,11-13H2. The van der Waals surface area contributed by atoms with Gasteiger partial charge in [0, 0.05) is 6.54 Å². The van der Waals surface area contributed by atoms with E-state index in [0.29, 0.717) is 0 Å². The van der Waals surface area contributed by atoms with E-state index in [9.17, 15) is 5.26 Å². The van der Waals surface area contributed by atoms with Gasteiger partial charge in [-0.3, -0.25) is 5.32 Å². The van der Waals surface area contributed by atoms with Gasteiger partial charge >= 0.3 is 0 Å². The Bertz CT molecular complexity index is 383. The van der Waals surface area contributed by atoms with Gasteiger partial charge in [0.25, 0.3) is 0 Å². The average Bonchev–Trinajstić information content (AvgIpc) is 2.40. The van der Waals surface area contributed by atoms with Crippen molar-refractivity contribution in [2.75, 3.05) is 0 Å². The fraction of sp³-hybridized carbons (Fsp3) is 0.562. The van der Waals surface area contributed by atoms with Crippen molar-refractivity contribution in [3.63, 3.8) is 0 Å². The lowest BCUT2D eigenvalue weighted by Crippen LogP contribution is -2.43. The van der Waals surface area contributed by atoms with Crippen LogP contribution in [0.3, 0.4) is 0 Å². The molecule has 2 rings (SSSR count). The zero-order valence-electron chi connectivity index (χ0n) is 11.0. The van der Waals surface area contributed by atoms with E-state index in [-0.39, 0.29) is 5.54 Å². The summed E-state index contributed by atoms with van der Waals surface area (Å²) in [6.45, 7) is 0.800. The highest BCUT2D eigenvalue weighted by atomic mass is 15.0. The average molecular weight is 242 g/mol. The Labute approximate surface area is 110 Å². The smallest absolute Gasteiger partial charge is 0.107 e. The third kappa shape index (κ3) is 3.58. The highest BCUT2D eigenvalue weighted by Gasteiger charge is 2.29. The molecule has 0 amide bonds. The second-order valence-corrected chi connectivity index (χ2v) is 5.30. The van der Waals surface area contributed by atoms with E-state index in [0.717, 1.165) is 19.4 Å². The molecule has 1 aliphatic carbocycles. The van der Waals surface area contributed by atoms with Gasteiger partial charge in [0.05, 0.1) is 6.07 Å². The first-order valence-corrected chi connectivity index (χ1v) is 7.05. The minimum Gasteiger partial charge on any atom is -0.295 e. The molecule has 1 saturated carbocycles. The number of benzene rings is 1. The van der Waals surface area contributed by atoms with E-state index in [1.54, 1.807) is 0 Å². The predicted octanol–water partition coefficient (Wildman–Crippen LogP) is 3.78. The molecule has 0 radical (unpaired) electrons. The minimum absolute atomic E-state index is 0.295. The van der Waals surface area contributed by atoms with Crippen LogP contribution in [-0.2, 0) is 6.54 Å². The summed E-state index contributed by atoms with van der Waals surface area (Å²) in [5.41, 5.74) is 0.963. The molecule has 1 aromatic rings. The highest BCUT2D eigenvalue weighted by Crippen LogP contribution is 2.26. The van der Waals surface area contributed by atoms with E-state index in [1.807, 2.05) is 18.2 Å². The number of rotatable bonds is 3. The van der Waals surface area contributed by atoms with Crippen molar-refractivity contribution in [1.82, 2.24) is 5.32 Å². The summed E-state index contributed by atoms with van der Waals surface area (Å²) in [5.74, 6) is 0. The van der Waals surface area contributed by atoms with Crippen LogP contribution in [0.2, 0.25) is 0 Å². The second kappa shape index (κ2) is 6.56. The number of nitrogens with zero attached hydrogens (tertiary/aromatic N) is 1. The van der Waals surface area contributed by atoms with E-state index < -0.39 is 0 Å². The van der Waals surface area contributed by atoms with E-state index in [2.05, 4.69) is 23.5 Å². The van der Waals surface area contributed by atoms with E-state index >= 15 is 0 Å². The van der Waals surface area contributed by atoms with Gasteiger partial charge in [0.15, 0.2) is 0 Å². The summed E-state index contributed by atoms with van der Waals surface area (Å²) in [7, 11) is 0. The zero-order valence-corrected chi connectivity index (χ0v) is 11.0. The summed E-state index contributed by atoms with van der Waals surface area (Å²) >= 11 is 0. The van der Waals surface area contributed by atoms with Crippen molar-refractivity contribution in [1.29, 1.82) is 5.26 Å². The Balaban J connectivity index is 1.96. The first-order chi connectivity index (χ1) is 8.85. The molecule has 96 valence electrons. The molecule has 1 aliphatic rings. The summed E-state index contributed by atoms with van der Waals surface area (Å²) in [6, 6.07) is 12.9. The molecule has 0 spiro atoms. The maximum absolute atomic E-state index is 9.52. The first kappa shape index (κ1) is 13.1. The van der Waals surface area contributed by atoms with Crippen LogP contribution in [0, 0.1) is 11.3 Å². The number of nitrogens with one attached hydrogen (secondary N) is 1. The van der Waals surface area contributed by atoms with Crippen LogP contribution >= 0.6 is 0 Å². The third-order valence-electron chi connectivity index (χ3n) is 3.89. The minimum atomic E-state index is -0.295. The SMILES string of the molecule is N#CC1(NCc2ccccc2)CCCCCCC1. The summed E-state index contributed by atoms with van der Waals surface area (Å²) in [4.78, 5) is 0. The maximum Gasteiger partial charge on any atom is 0.107 e. The number of hydrogen-bond donors (Lipinski definition) is 1. The lowest BCUT2D eigenvalue weighted by Gasteiger charge is -2.30. The van der Waals surface area contributed by atoms with Gasteiger partial charge in [0.2, 0.25) is 0 Å². The molecule has 0 bridgehead atoms. The molecule has 0 unspecified atom stereocenters. The van der Waals surface area contributed by atoms with Crippen molar-refractivity contribution in [3.8, 4) is 6.07 Å². The van der Waals surface area contributed by atoms with Crippen molar-refractivity contribution < 1.29 is 0 Å². The fourth-order valence-electron chi connectivity index (χ4n) is 2.70. The van der Waals surface area contributed by atoms with Crippen LogP contribution in [0.25, 0.3) is 0 Å². The molecule has 18 heavy (non-hydrogen) atoms. The van der Waals surface area contributed by atoms with Gasteiger partial charge in [-0.05, 0) is 18.4 Å². The molecular formula is C16H22N2. The van der Waals surface area contributed by atoms with Gasteiger partial charge in [-0.2, -0.15) is 5.26 Å². The quantitative estimate of drug-likeness (QED) is 0.875. The third-order valence-corrected chi connectivity index (χ3v) is 3.89. The van der Waals surface area contributed by atoms with Crippen LogP contribution in [0.1, 0.15) is 50.5 Å². The molecule has 1 N–H and O–H groups in total. The molecule has 2 heteroatoms. The maximum atomic E-state index is 9.52. The largest absolute Gasteiger partial charge is 0.295 e. The molecule has 1 fully saturated rings. The molecule has 0 heterocycles. The Hall–Kier alpha value is -1.33. The molecule has 0 aromatic heterocycles. The van der Waals surface area contributed by atoms with Crippen molar-refractivity contribution >= 4 is 0 Å². The molecule has 0 aliphatic heterocycles. The lowest BCUT2D eigenvalue weighted by molar-refractivity contribution is 0.315. The van der Waals surface area contributed by atoms with Gasteiger partial charge in [-0.1, -0.05) is 62.4 Å². The van der Waals surface area contributed by atoms with Crippen LogP contribution in [0.4, 0.5) is 0 Å². The highest BCUT2D eigenvalue weighted by molar-refractivity contribution is 5.16. The van der Waals surface area contributed by atoms with Crippen molar-refractivity contribution in [2.45, 2.75) is 57.0 Å². The van der Waals surface area contributed by atoms with Crippen LogP contribution in [0.15, 0.2) is 30.3 Å². The Morgan fingerprint density at radius 3 is 2.22 bits per heavy atom. The fourth-order valence-corrected chi connectivity index (χ4v) is 2.70. The van der Waals surface area contributed by atoms with Gasteiger partial charge in [-0.25, -0.2) is 0 Å². The topological polar surface area (TPSA) is 35.8 Å². The summed E-state index contributed by atoms with van der Waals surface area (Å²) in [6.07, 6.45) is 8.23. The Morgan fingerprint density at radius 2 is 1.61 bits per heavy atom. The zero-order chi connectivity index (χ0) is 12.7. The van der Waals surface area contributed by atoms with Crippen molar-refractivity contribution in [2.24, 2.45) is 0 Å². The molecule has 2 nitrogen and oxygen atoms in total. The normalized spacial score (nSPS) is 19.5. The van der Waals surface area contributed by atoms with Crippen LogP contribution < -0.4 is 5.32 Å². The lowest BCUT2D eigenvalue weighted by atomic mass is 9.85.